The first kappa shape index (κ1) is 19.4. The van der Waals surface area contributed by atoms with E-state index in [1.807, 2.05) is 12.1 Å². The number of anilines is 2. The van der Waals surface area contributed by atoms with Gasteiger partial charge in [0.2, 0.25) is 0 Å². The monoisotopic (exact) mass is 398 g/mol. The van der Waals surface area contributed by atoms with E-state index in [0.717, 1.165) is 5.56 Å². The molecule has 0 saturated heterocycles. The highest BCUT2D eigenvalue weighted by Gasteiger charge is 2.14. The summed E-state index contributed by atoms with van der Waals surface area (Å²) >= 11 is 6.09. The number of ether oxygens (including phenoxy) is 2. The lowest BCUT2D eigenvalue weighted by Gasteiger charge is -2.13. The van der Waals surface area contributed by atoms with Crippen LogP contribution in [0.5, 0.6) is 11.5 Å². The highest BCUT2D eigenvalue weighted by molar-refractivity contribution is 6.32. The molecule has 0 unspecified atom stereocenters. The molecule has 0 saturated carbocycles. The zero-order chi connectivity index (χ0) is 19.9. The third-order valence-electron chi connectivity index (χ3n) is 3.97. The first-order valence-corrected chi connectivity index (χ1v) is 8.80. The van der Waals surface area contributed by atoms with Crippen LogP contribution in [0.1, 0.15) is 15.9 Å². The largest absolute Gasteiger partial charge is 0.495 e. The predicted octanol–water partition coefficient (Wildman–Crippen LogP) is 4.01. The highest BCUT2D eigenvalue weighted by atomic mass is 35.5. The van der Waals surface area contributed by atoms with Crippen molar-refractivity contribution >= 4 is 29.0 Å². The SMILES string of the molecule is COc1cc(NC(=O)c2ccc(NCc3ccncc3)nc2)c(OC)cc1Cl. The van der Waals surface area contributed by atoms with Gasteiger partial charge in [0.25, 0.3) is 5.91 Å². The Morgan fingerprint density at radius 2 is 1.82 bits per heavy atom. The van der Waals surface area contributed by atoms with Crippen LogP contribution < -0.4 is 20.1 Å². The molecule has 3 aromatic rings. The van der Waals surface area contributed by atoms with Gasteiger partial charge in [0.05, 0.1) is 30.5 Å². The molecular weight excluding hydrogens is 380 g/mol. The van der Waals surface area contributed by atoms with Crippen molar-refractivity contribution in [2.75, 3.05) is 24.9 Å². The second-order valence-electron chi connectivity index (χ2n) is 5.78. The molecule has 1 amide bonds. The number of benzene rings is 1. The molecule has 28 heavy (non-hydrogen) atoms. The molecule has 2 N–H and O–H groups in total. The molecule has 0 aliphatic carbocycles. The lowest BCUT2D eigenvalue weighted by atomic mass is 10.2. The third kappa shape index (κ3) is 4.69. The van der Waals surface area contributed by atoms with Crippen LogP contribution in [0.25, 0.3) is 0 Å². The number of hydrogen-bond donors (Lipinski definition) is 2. The zero-order valence-electron chi connectivity index (χ0n) is 15.4. The van der Waals surface area contributed by atoms with E-state index in [1.165, 1.54) is 20.4 Å². The van der Waals surface area contributed by atoms with Gasteiger partial charge in [0.15, 0.2) is 0 Å². The highest BCUT2D eigenvalue weighted by Crippen LogP contribution is 2.36. The normalized spacial score (nSPS) is 10.2. The molecule has 0 radical (unpaired) electrons. The summed E-state index contributed by atoms with van der Waals surface area (Å²) in [6.45, 7) is 0.614. The van der Waals surface area contributed by atoms with Gasteiger partial charge in [0, 0.05) is 37.3 Å². The Hall–Kier alpha value is -3.32. The van der Waals surface area contributed by atoms with Crippen molar-refractivity contribution in [3.8, 4) is 11.5 Å². The van der Waals surface area contributed by atoms with Gasteiger partial charge in [-0.25, -0.2) is 4.98 Å². The van der Waals surface area contributed by atoms with Crippen molar-refractivity contribution in [2.24, 2.45) is 0 Å². The number of halogens is 1. The first-order chi connectivity index (χ1) is 13.6. The molecule has 0 bridgehead atoms. The lowest BCUT2D eigenvalue weighted by Crippen LogP contribution is -2.13. The van der Waals surface area contributed by atoms with Crippen molar-refractivity contribution in [3.05, 3.63) is 71.1 Å². The van der Waals surface area contributed by atoms with Crippen molar-refractivity contribution in [3.63, 3.8) is 0 Å². The molecule has 0 fully saturated rings. The van der Waals surface area contributed by atoms with E-state index in [0.29, 0.717) is 40.1 Å². The van der Waals surface area contributed by atoms with Crippen molar-refractivity contribution in [1.29, 1.82) is 0 Å². The van der Waals surface area contributed by atoms with Crippen molar-refractivity contribution in [2.45, 2.75) is 6.54 Å². The maximum atomic E-state index is 12.5. The number of aromatic nitrogens is 2. The zero-order valence-corrected chi connectivity index (χ0v) is 16.2. The van der Waals surface area contributed by atoms with Crippen LogP contribution in [0.2, 0.25) is 5.02 Å². The number of pyridine rings is 2. The van der Waals surface area contributed by atoms with Crippen LogP contribution in [-0.4, -0.2) is 30.1 Å². The van der Waals surface area contributed by atoms with Gasteiger partial charge in [-0.3, -0.25) is 9.78 Å². The van der Waals surface area contributed by atoms with Crippen molar-refractivity contribution < 1.29 is 14.3 Å². The minimum Gasteiger partial charge on any atom is -0.495 e. The summed E-state index contributed by atoms with van der Waals surface area (Å²) in [5, 5.41) is 6.37. The van der Waals surface area contributed by atoms with Crippen molar-refractivity contribution in [1.82, 2.24) is 9.97 Å². The number of methoxy groups -OCH3 is 2. The average Bonchev–Trinajstić information content (AvgIpc) is 2.74. The molecule has 0 atom stereocenters. The number of nitrogens with zero attached hydrogens (tertiary/aromatic N) is 2. The van der Waals surface area contributed by atoms with E-state index < -0.39 is 0 Å². The van der Waals surface area contributed by atoms with Crippen LogP contribution in [0.3, 0.4) is 0 Å². The first-order valence-electron chi connectivity index (χ1n) is 8.42. The van der Waals surface area contributed by atoms with Crippen LogP contribution in [-0.2, 0) is 6.54 Å². The fraction of sp³-hybridized carbons (Fsp3) is 0.150. The summed E-state index contributed by atoms with van der Waals surface area (Å²) in [4.78, 5) is 20.8. The Kier molecular flexibility index (Phi) is 6.29. The maximum absolute atomic E-state index is 12.5. The van der Waals surface area contributed by atoms with E-state index in [9.17, 15) is 4.79 Å². The number of amides is 1. The Balaban J connectivity index is 1.68. The molecular formula is C20H19ClN4O3. The lowest BCUT2D eigenvalue weighted by molar-refractivity contribution is 0.102. The van der Waals surface area contributed by atoms with Crippen LogP contribution in [0.4, 0.5) is 11.5 Å². The molecule has 0 spiro atoms. The van der Waals surface area contributed by atoms with E-state index in [-0.39, 0.29) is 5.91 Å². The minimum atomic E-state index is -0.323. The topological polar surface area (TPSA) is 85.4 Å². The molecule has 0 aliphatic rings. The fourth-order valence-corrected chi connectivity index (χ4v) is 2.71. The number of carbonyl (C=O) groups excluding carboxylic acids is 1. The molecule has 2 heterocycles. The summed E-state index contributed by atoms with van der Waals surface area (Å²) in [5.41, 5.74) is 1.95. The van der Waals surface area contributed by atoms with E-state index in [4.69, 9.17) is 21.1 Å². The number of rotatable bonds is 7. The van der Waals surface area contributed by atoms with Crippen LogP contribution >= 0.6 is 11.6 Å². The number of carbonyl (C=O) groups is 1. The van der Waals surface area contributed by atoms with Gasteiger partial charge < -0.3 is 20.1 Å². The fourth-order valence-electron chi connectivity index (χ4n) is 2.48. The Bertz CT molecular complexity index is 950. The molecule has 8 heteroatoms. The van der Waals surface area contributed by atoms with Gasteiger partial charge in [-0.15, -0.1) is 0 Å². The molecule has 0 aliphatic heterocycles. The third-order valence-corrected chi connectivity index (χ3v) is 4.27. The summed E-state index contributed by atoms with van der Waals surface area (Å²) < 4.78 is 10.5. The summed E-state index contributed by atoms with van der Waals surface area (Å²) in [6, 6.07) is 10.5. The van der Waals surface area contributed by atoms with E-state index in [1.54, 1.807) is 36.7 Å². The predicted molar refractivity (Wildman–Crippen MR) is 108 cm³/mol. The Morgan fingerprint density at radius 3 is 2.46 bits per heavy atom. The molecule has 2 aromatic heterocycles. The summed E-state index contributed by atoms with van der Waals surface area (Å²) in [6.07, 6.45) is 4.97. The quantitative estimate of drug-likeness (QED) is 0.625. The second kappa shape index (κ2) is 9.05. The average molecular weight is 399 g/mol. The molecule has 3 rings (SSSR count). The molecule has 1 aromatic carbocycles. The second-order valence-corrected chi connectivity index (χ2v) is 6.19. The Morgan fingerprint density at radius 1 is 1.07 bits per heavy atom. The van der Waals surface area contributed by atoms with Gasteiger partial charge in [-0.2, -0.15) is 0 Å². The number of hydrogen-bond acceptors (Lipinski definition) is 6. The smallest absolute Gasteiger partial charge is 0.257 e. The number of nitrogens with one attached hydrogen (secondary N) is 2. The van der Waals surface area contributed by atoms with E-state index >= 15 is 0 Å². The van der Waals surface area contributed by atoms with E-state index in [2.05, 4.69) is 20.6 Å². The van der Waals surface area contributed by atoms with Gasteiger partial charge in [-0.1, -0.05) is 11.6 Å². The summed E-state index contributed by atoms with van der Waals surface area (Å²) in [7, 11) is 3.00. The van der Waals surface area contributed by atoms with Crippen LogP contribution in [0.15, 0.2) is 55.0 Å². The van der Waals surface area contributed by atoms with Gasteiger partial charge in [0.1, 0.15) is 17.3 Å². The summed E-state index contributed by atoms with van der Waals surface area (Å²) in [5.74, 6) is 1.21. The standard InChI is InChI=1S/C20H19ClN4O3/c1-27-17-10-16(18(28-2)9-15(17)21)25-20(26)14-3-4-19(24-12-14)23-11-13-5-7-22-8-6-13/h3-10,12H,11H2,1-2H3,(H,23,24)(H,25,26). The minimum absolute atomic E-state index is 0.323. The Labute approximate surface area is 167 Å². The molecule has 7 nitrogen and oxygen atoms in total. The maximum Gasteiger partial charge on any atom is 0.257 e. The molecule has 144 valence electrons. The van der Waals surface area contributed by atoms with Gasteiger partial charge >= 0.3 is 0 Å². The van der Waals surface area contributed by atoms with Crippen LogP contribution in [0, 0.1) is 0 Å². The van der Waals surface area contributed by atoms with Gasteiger partial charge in [-0.05, 0) is 29.8 Å².